The highest BCUT2D eigenvalue weighted by Crippen LogP contribution is 2.21. The Kier molecular flexibility index (Phi) is 4.80. The second-order valence-corrected chi connectivity index (χ2v) is 6.73. The van der Waals surface area contributed by atoms with Crippen LogP contribution in [0.1, 0.15) is 0 Å². The summed E-state index contributed by atoms with van der Waals surface area (Å²) in [5.74, 6) is 0.219. The number of fused-ring (bicyclic) bond motifs is 1. The normalized spacial score (nSPS) is 10.9. The van der Waals surface area contributed by atoms with Crippen molar-refractivity contribution in [1.82, 2.24) is 24.8 Å². The molecule has 134 valence electrons. The molecule has 0 aliphatic heterocycles. The number of carbonyl (C=O) groups is 1. The van der Waals surface area contributed by atoms with Gasteiger partial charge in [0.15, 0.2) is 5.65 Å². The number of anilines is 1. The van der Waals surface area contributed by atoms with Crippen LogP contribution in [0.2, 0.25) is 0 Å². The second kappa shape index (κ2) is 7.55. The van der Waals surface area contributed by atoms with Crippen LogP contribution in [0.3, 0.4) is 0 Å². The quantitative estimate of drug-likeness (QED) is 0.499. The van der Waals surface area contributed by atoms with Crippen molar-refractivity contribution in [3.8, 4) is 11.3 Å². The maximum Gasteiger partial charge on any atom is 0.237 e. The summed E-state index contributed by atoms with van der Waals surface area (Å²) in [6.07, 6.45) is 3.47. The zero-order valence-electron chi connectivity index (χ0n) is 14.6. The van der Waals surface area contributed by atoms with Crippen molar-refractivity contribution in [1.29, 1.82) is 0 Å². The van der Waals surface area contributed by atoms with Gasteiger partial charge in [-0.25, -0.2) is 0 Å². The molecule has 0 atom stereocenters. The number of hydrogen-bond acceptors (Lipinski definition) is 6. The Balaban J connectivity index is 1.53. The van der Waals surface area contributed by atoms with Crippen LogP contribution in [0.15, 0.2) is 72.1 Å². The molecule has 0 unspecified atom stereocenters. The zero-order chi connectivity index (χ0) is 18.6. The van der Waals surface area contributed by atoms with Gasteiger partial charge in [-0.15, -0.1) is 10.2 Å². The van der Waals surface area contributed by atoms with E-state index in [0.29, 0.717) is 10.8 Å². The predicted octanol–water partition coefficient (Wildman–Crippen LogP) is 2.94. The van der Waals surface area contributed by atoms with E-state index in [0.717, 1.165) is 16.9 Å². The largest absolute Gasteiger partial charge is 0.315 e. The van der Waals surface area contributed by atoms with Crippen LogP contribution in [-0.2, 0) is 4.79 Å². The summed E-state index contributed by atoms with van der Waals surface area (Å²) >= 11 is 1.31. The lowest BCUT2D eigenvalue weighted by molar-refractivity contribution is -0.115. The van der Waals surface area contributed by atoms with Crippen LogP contribution in [-0.4, -0.2) is 43.5 Å². The molecule has 4 aromatic rings. The summed E-state index contributed by atoms with van der Waals surface area (Å²) in [5.41, 5.74) is 3.16. The third-order valence-corrected chi connectivity index (χ3v) is 4.94. The van der Waals surface area contributed by atoms with Gasteiger partial charge in [0.1, 0.15) is 0 Å². The van der Waals surface area contributed by atoms with Crippen molar-refractivity contribution in [2.24, 2.45) is 0 Å². The minimum Gasteiger partial charge on any atom is -0.315 e. The lowest BCUT2D eigenvalue weighted by atomic mass is 10.2. The molecule has 4 rings (SSSR count). The molecule has 0 saturated heterocycles. The molecule has 0 radical (unpaired) electrons. The summed E-state index contributed by atoms with van der Waals surface area (Å²) in [6, 6.07) is 17.1. The minimum absolute atomic E-state index is 0.0219. The molecule has 0 aliphatic carbocycles. The fourth-order valence-corrected chi connectivity index (χ4v) is 3.35. The highest BCUT2D eigenvalue weighted by Gasteiger charge is 2.15. The number of hydrogen-bond donors (Lipinski definition) is 0. The molecule has 27 heavy (non-hydrogen) atoms. The Bertz CT molecular complexity index is 1070. The molecule has 0 N–H and O–H groups in total. The molecule has 0 bridgehead atoms. The molecule has 8 heteroatoms. The van der Waals surface area contributed by atoms with Crippen LogP contribution >= 0.6 is 11.8 Å². The van der Waals surface area contributed by atoms with Gasteiger partial charge in [-0.1, -0.05) is 30.0 Å². The highest BCUT2D eigenvalue weighted by molar-refractivity contribution is 7.99. The Hall–Kier alpha value is -3.26. The monoisotopic (exact) mass is 376 g/mol. The number of rotatable bonds is 5. The number of pyridine rings is 1. The Morgan fingerprint density at radius 3 is 2.70 bits per heavy atom. The first-order valence-corrected chi connectivity index (χ1v) is 9.28. The summed E-state index contributed by atoms with van der Waals surface area (Å²) in [7, 11) is 1.76. The van der Waals surface area contributed by atoms with Gasteiger partial charge in [-0.3, -0.25) is 9.78 Å². The van der Waals surface area contributed by atoms with E-state index < -0.39 is 0 Å². The highest BCUT2D eigenvalue weighted by atomic mass is 32.2. The van der Waals surface area contributed by atoms with Crippen LogP contribution in [0.5, 0.6) is 0 Å². The standard InChI is InChI=1S/C19H16N6OS/c1-24(15-7-3-2-4-8-15)18(26)13-27-19-22-21-17-10-9-16(23-25(17)19)14-6-5-11-20-12-14/h2-12H,13H2,1H3. The minimum atomic E-state index is -0.0219. The van der Waals surface area contributed by atoms with E-state index in [4.69, 9.17) is 0 Å². The number of benzene rings is 1. The van der Waals surface area contributed by atoms with Crippen molar-refractivity contribution in [2.75, 3.05) is 17.7 Å². The Morgan fingerprint density at radius 2 is 1.93 bits per heavy atom. The van der Waals surface area contributed by atoms with E-state index in [1.807, 2.05) is 54.6 Å². The number of carbonyl (C=O) groups excluding carboxylic acids is 1. The van der Waals surface area contributed by atoms with Crippen LogP contribution in [0.25, 0.3) is 16.9 Å². The van der Waals surface area contributed by atoms with E-state index in [2.05, 4.69) is 20.3 Å². The Morgan fingerprint density at radius 1 is 1.07 bits per heavy atom. The average molecular weight is 376 g/mol. The van der Waals surface area contributed by atoms with E-state index in [9.17, 15) is 4.79 Å². The molecule has 3 aromatic heterocycles. The van der Waals surface area contributed by atoms with Crippen molar-refractivity contribution >= 4 is 29.0 Å². The molecule has 1 amide bonds. The fourth-order valence-electron chi connectivity index (χ4n) is 2.55. The zero-order valence-corrected chi connectivity index (χ0v) is 15.4. The molecule has 0 fully saturated rings. The molecular formula is C19H16N6OS. The number of amides is 1. The van der Waals surface area contributed by atoms with Gasteiger partial charge in [0.25, 0.3) is 0 Å². The molecular weight excluding hydrogens is 360 g/mol. The number of aromatic nitrogens is 5. The second-order valence-electron chi connectivity index (χ2n) is 5.79. The van der Waals surface area contributed by atoms with Gasteiger partial charge in [-0.05, 0) is 36.4 Å². The first-order valence-electron chi connectivity index (χ1n) is 8.29. The van der Waals surface area contributed by atoms with Crippen LogP contribution in [0.4, 0.5) is 5.69 Å². The van der Waals surface area contributed by atoms with Crippen molar-refractivity contribution in [2.45, 2.75) is 5.16 Å². The van der Waals surface area contributed by atoms with Crippen molar-refractivity contribution in [3.63, 3.8) is 0 Å². The first kappa shape index (κ1) is 17.2. The average Bonchev–Trinajstić information content (AvgIpc) is 3.15. The molecule has 0 spiro atoms. The summed E-state index contributed by atoms with van der Waals surface area (Å²) in [6.45, 7) is 0. The topological polar surface area (TPSA) is 76.3 Å². The number of thioether (sulfide) groups is 1. The molecule has 1 aromatic carbocycles. The fraction of sp³-hybridized carbons (Fsp3) is 0.105. The molecule has 0 saturated carbocycles. The van der Waals surface area contributed by atoms with Crippen molar-refractivity contribution < 1.29 is 4.79 Å². The summed E-state index contributed by atoms with van der Waals surface area (Å²) in [4.78, 5) is 18.2. The third kappa shape index (κ3) is 3.65. The van der Waals surface area contributed by atoms with Gasteiger partial charge in [0.05, 0.1) is 11.4 Å². The summed E-state index contributed by atoms with van der Waals surface area (Å²) < 4.78 is 1.66. The maximum absolute atomic E-state index is 12.5. The van der Waals surface area contributed by atoms with E-state index in [1.165, 1.54) is 11.8 Å². The predicted molar refractivity (Wildman–Crippen MR) is 105 cm³/mol. The smallest absolute Gasteiger partial charge is 0.237 e. The lowest BCUT2D eigenvalue weighted by Crippen LogP contribution is -2.27. The van der Waals surface area contributed by atoms with Gasteiger partial charge >= 0.3 is 0 Å². The van der Waals surface area contributed by atoms with E-state index in [1.54, 1.807) is 28.9 Å². The first-order chi connectivity index (χ1) is 13.2. The van der Waals surface area contributed by atoms with Crippen LogP contribution in [0, 0.1) is 0 Å². The van der Waals surface area contributed by atoms with Crippen LogP contribution < -0.4 is 4.90 Å². The van der Waals surface area contributed by atoms with Crippen molar-refractivity contribution in [3.05, 3.63) is 67.0 Å². The number of para-hydroxylation sites is 1. The lowest BCUT2D eigenvalue weighted by Gasteiger charge is -2.16. The Labute approximate surface area is 160 Å². The molecule has 3 heterocycles. The third-order valence-electron chi connectivity index (χ3n) is 4.03. The SMILES string of the molecule is CN(C(=O)CSc1nnc2ccc(-c3cccnc3)nn12)c1ccccc1. The molecule has 0 aliphatic rings. The van der Waals surface area contributed by atoms with Gasteiger partial charge < -0.3 is 4.90 Å². The van der Waals surface area contributed by atoms with E-state index in [-0.39, 0.29) is 11.7 Å². The van der Waals surface area contributed by atoms with Gasteiger partial charge in [-0.2, -0.15) is 9.61 Å². The van der Waals surface area contributed by atoms with E-state index >= 15 is 0 Å². The summed E-state index contributed by atoms with van der Waals surface area (Å²) in [5, 5.41) is 13.5. The van der Waals surface area contributed by atoms with Gasteiger partial charge in [0, 0.05) is 30.7 Å². The number of nitrogens with zero attached hydrogens (tertiary/aromatic N) is 6. The maximum atomic E-state index is 12.5. The molecule has 7 nitrogen and oxygen atoms in total. The van der Waals surface area contributed by atoms with Gasteiger partial charge in [0.2, 0.25) is 11.1 Å².